The summed E-state index contributed by atoms with van der Waals surface area (Å²) in [6.07, 6.45) is 4.58. The van der Waals surface area contributed by atoms with Crippen LogP contribution < -0.4 is 0 Å². The van der Waals surface area contributed by atoms with Crippen LogP contribution in [0, 0.1) is 0 Å². The summed E-state index contributed by atoms with van der Waals surface area (Å²) in [6.45, 7) is 1.84. The zero-order valence-corrected chi connectivity index (χ0v) is 16.8. The molecule has 1 amide bonds. The average Bonchev–Trinajstić information content (AvgIpc) is 3.41. The smallest absolute Gasteiger partial charge is 0.254 e. The summed E-state index contributed by atoms with van der Waals surface area (Å²) in [7, 11) is -3.52. The van der Waals surface area contributed by atoms with E-state index in [4.69, 9.17) is 0 Å². The highest BCUT2D eigenvalue weighted by Crippen LogP contribution is 2.26. The lowest BCUT2D eigenvalue weighted by molar-refractivity contribution is 0.0736. The first-order valence-electron chi connectivity index (χ1n) is 10.0. The van der Waals surface area contributed by atoms with E-state index in [2.05, 4.69) is 12.1 Å². The zero-order chi connectivity index (χ0) is 19.6. The van der Waals surface area contributed by atoms with E-state index in [1.165, 1.54) is 9.87 Å². The topological polar surface area (TPSA) is 57.7 Å². The Bertz CT molecular complexity index is 937. The van der Waals surface area contributed by atoms with Crippen LogP contribution in [0.2, 0.25) is 0 Å². The monoisotopic (exact) mass is 398 g/mol. The van der Waals surface area contributed by atoms with Gasteiger partial charge in [-0.15, -0.1) is 0 Å². The minimum Gasteiger partial charge on any atom is -0.335 e. The van der Waals surface area contributed by atoms with Gasteiger partial charge in [0.2, 0.25) is 10.0 Å². The van der Waals surface area contributed by atoms with Crippen LogP contribution in [0.3, 0.4) is 0 Å². The van der Waals surface area contributed by atoms with Crippen molar-refractivity contribution in [3.8, 4) is 0 Å². The number of hydrogen-bond acceptors (Lipinski definition) is 3. The number of hydrogen-bond donors (Lipinski definition) is 0. The number of benzene rings is 2. The summed E-state index contributed by atoms with van der Waals surface area (Å²) in [5, 5.41) is 0. The van der Waals surface area contributed by atoms with Crippen LogP contribution in [-0.2, 0) is 16.4 Å². The zero-order valence-electron chi connectivity index (χ0n) is 16.0. The van der Waals surface area contributed by atoms with Crippen molar-refractivity contribution in [3.05, 3.63) is 65.7 Å². The molecule has 0 saturated carbocycles. The molecular formula is C22H26N2O3S. The third kappa shape index (κ3) is 3.84. The van der Waals surface area contributed by atoms with Crippen LogP contribution in [0.15, 0.2) is 59.5 Å². The van der Waals surface area contributed by atoms with E-state index in [0.717, 1.165) is 38.6 Å². The molecule has 5 nitrogen and oxygen atoms in total. The molecule has 0 bridgehead atoms. The fraction of sp³-hybridized carbons (Fsp3) is 0.409. The van der Waals surface area contributed by atoms with E-state index >= 15 is 0 Å². The lowest BCUT2D eigenvalue weighted by Gasteiger charge is -2.25. The maximum atomic E-state index is 13.2. The molecule has 0 aliphatic carbocycles. The average molecular weight is 399 g/mol. The summed E-state index contributed by atoms with van der Waals surface area (Å²) in [6, 6.07) is 16.9. The second kappa shape index (κ2) is 8.05. The van der Waals surface area contributed by atoms with E-state index in [1.54, 1.807) is 24.3 Å². The Morgan fingerprint density at radius 3 is 2.43 bits per heavy atom. The first-order valence-corrected chi connectivity index (χ1v) is 11.4. The molecule has 2 heterocycles. The van der Waals surface area contributed by atoms with E-state index < -0.39 is 10.0 Å². The largest absolute Gasteiger partial charge is 0.335 e. The summed E-state index contributed by atoms with van der Waals surface area (Å²) >= 11 is 0. The molecule has 2 aliphatic rings. The first kappa shape index (κ1) is 19.2. The highest BCUT2D eigenvalue weighted by Gasteiger charge is 2.31. The Labute approximate surface area is 167 Å². The number of rotatable bonds is 5. The number of carbonyl (C=O) groups is 1. The maximum absolute atomic E-state index is 13.2. The number of likely N-dealkylation sites (tertiary alicyclic amines) is 1. The van der Waals surface area contributed by atoms with Crippen LogP contribution in [0.5, 0.6) is 0 Å². The minimum atomic E-state index is -3.52. The van der Waals surface area contributed by atoms with Gasteiger partial charge < -0.3 is 4.90 Å². The molecule has 2 fully saturated rings. The Morgan fingerprint density at radius 1 is 0.929 bits per heavy atom. The van der Waals surface area contributed by atoms with Gasteiger partial charge in [0.25, 0.3) is 5.91 Å². The molecule has 2 aromatic rings. The summed E-state index contributed by atoms with van der Waals surface area (Å²) in [5.41, 5.74) is 1.68. The number of amides is 1. The highest BCUT2D eigenvalue weighted by molar-refractivity contribution is 7.89. The van der Waals surface area contributed by atoms with Crippen LogP contribution in [0.1, 0.15) is 41.6 Å². The van der Waals surface area contributed by atoms with E-state index in [-0.39, 0.29) is 16.8 Å². The maximum Gasteiger partial charge on any atom is 0.254 e. The third-order valence-corrected chi connectivity index (χ3v) is 7.63. The fourth-order valence-corrected chi connectivity index (χ4v) is 5.80. The summed E-state index contributed by atoms with van der Waals surface area (Å²) < 4.78 is 27.2. The standard InChI is InChI=1S/C22H26N2O3S/c25-22(24-15-7-11-20(24)16-18-8-2-1-3-9-18)19-10-6-12-21(17-19)28(26,27)23-13-4-5-14-23/h1-3,6,8-10,12,17,20H,4-5,7,11,13-16H2. The molecule has 2 saturated heterocycles. The van der Waals surface area contributed by atoms with Gasteiger partial charge in [0.1, 0.15) is 0 Å². The van der Waals surface area contributed by atoms with Gasteiger partial charge in [-0.25, -0.2) is 8.42 Å². The highest BCUT2D eigenvalue weighted by atomic mass is 32.2. The molecule has 0 radical (unpaired) electrons. The molecule has 28 heavy (non-hydrogen) atoms. The Hall–Kier alpha value is -2.18. The van der Waals surface area contributed by atoms with Gasteiger partial charge in [0.15, 0.2) is 0 Å². The lowest BCUT2D eigenvalue weighted by Crippen LogP contribution is -2.37. The second-order valence-electron chi connectivity index (χ2n) is 7.62. The SMILES string of the molecule is O=C(c1cccc(S(=O)(=O)N2CCCC2)c1)N1CCCC1Cc1ccccc1. The fourth-order valence-electron chi connectivity index (χ4n) is 4.23. The lowest BCUT2D eigenvalue weighted by atomic mass is 10.0. The van der Waals surface area contributed by atoms with Crippen molar-refractivity contribution in [2.45, 2.75) is 43.0 Å². The molecular weight excluding hydrogens is 372 g/mol. The van der Waals surface area contributed by atoms with Crippen LogP contribution in [-0.4, -0.2) is 49.2 Å². The molecule has 0 aromatic heterocycles. The predicted molar refractivity (Wildman–Crippen MR) is 109 cm³/mol. The molecule has 0 N–H and O–H groups in total. The molecule has 148 valence electrons. The van der Waals surface area contributed by atoms with Crippen molar-refractivity contribution >= 4 is 15.9 Å². The Morgan fingerprint density at radius 2 is 1.68 bits per heavy atom. The summed E-state index contributed by atoms with van der Waals surface area (Å²) in [4.78, 5) is 15.3. The first-order chi connectivity index (χ1) is 13.6. The van der Waals surface area contributed by atoms with E-state index in [9.17, 15) is 13.2 Å². The quantitative estimate of drug-likeness (QED) is 0.776. The van der Waals surface area contributed by atoms with Crippen LogP contribution in [0.4, 0.5) is 0 Å². The van der Waals surface area contributed by atoms with Gasteiger partial charge in [0, 0.05) is 31.2 Å². The third-order valence-electron chi connectivity index (χ3n) is 5.74. The summed E-state index contributed by atoms with van der Waals surface area (Å²) in [5.74, 6) is -0.0723. The Balaban J connectivity index is 1.54. The van der Waals surface area contributed by atoms with E-state index in [1.807, 2.05) is 23.1 Å². The van der Waals surface area contributed by atoms with Gasteiger partial charge in [-0.1, -0.05) is 36.4 Å². The molecule has 0 spiro atoms. The van der Waals surface area contributed by atoms with Crippen LogP contribution >= 0.6 is 0 Å². The molecule has 4 rings (SSSR count). The van der Waals surface area contributed by atoms with Crippen molar-refractivity contribution in [1.29, 1.82) is 0 Å². The van der Waals surface area contributed by atoms with E-state index in [0.29, 0.717) is 18.7 Å². The van der Waals surface area contributed by atoms with Gasteiger partial charge in [-0.05, 0) is 55.9 Å². The molecule has 1 atom stereocenters. The number of carbonyl (C=O) groups excluding carboxylic acids is 1. The molecule has 2 aromatic carbocycles. The number of nitrogens with zero attached hydrogens (tertiary/aromatic N) is 2. The van der Waals surface area contributed by atoms with Crippen molar-refractivity contribution in [3.63, 3.8) is 0 Å². The van der Waals surface area contributed by atoms with Gasteiger partial charge >= 0.3 is 0 Å². The second-order valence-corrected chi connectivity index (χ2v) is 9.56. The minimum absolute atomic E-state index is 0.0723. The van der Waals surface area contributed by atoms with Gasteiger partial charge in [-0.3, -0.25) is 4.79 Å². The van der Waals surface area contributed by atoms with Crippen molar-refractivity contribution in [2.24, 2.45) is 0 Å². The van der Waals surface area contributed by atoms with Crippen molar-refractivity contribution in [2.75, 3.05) is 19.6 Å². The Kier molecular flexibility index (Phi) is 5.51. The molecule has 1 unspecified atom stereocenters. The molecule has 2 aliphatic heterocycles. The predicted octanol–water partition coefficient (Wildman–Crippen LogP) is 3.32. The van der Waals surface area contributed by atoms with Gasteiger partial charge in [0.05, 0.1) is 4.90 Å². The van der Waals surface area contributed by atoms with Crippen LogP contribution in [0.25, 0.3) is 0 Å². The number of sulfonamides is 1. The normalized spacial score (nSPS) is 20.6. The van der Waals surface area contributed by atoms with Crippen molar-refractivity contribution < 1.29 is 13.2 Å². The van der Waals surface area contributed by atoms with Crippen molar-refractivity contribution in [1.82, 2.24) is 9.21 Å². The molecule has 6 heteroatoms. The van der Waals surface area contributed by atoms with Gasteiger partial charge in [-0.2, -0.15) is 4.31 Å².